The third kappa shape index (κ3) is 5.78. The van der Waals surface area contributed by atoms with Crippen molar-refractivity contribution in [2.75, 3.05) is 0 Å². The first kappa shape index (κ1) is 24.2. The molecule has 0 aliphatic carbocycles. The molecular weight excluding hydrogens is 516 g/mol. The fourth-order valence-corrected chi connectivity index (χ4v) is 3.93. The predicted molar refractivity (Wildman–Crippen MR) is 129 cm³/mol. The molecule has 6 nitrogen and oxygen atoms in total. The lowest BCUT2D eigenvalue weighted by Gasteiger charge is -2.23. The average Bonchev–Trinajstić information content (AvgIpc) is 3.28. The first-order valence-electron chi connectivity index (χ1n) is 10.7. The summed E-state index contributed by atoms with van der Waals surface area (Å²) in [5, 5.41) is 17.2. The Morgan fingerprint density at radius 2 is 1.86 bits per heavy atom. The number of nitrogens with zero attached hydrogens (tertiary/aromatic N) is 5. The molecule has 0 atom stereocenters. The van der Waals surface area contributed by atoms with Crippen molar-refractivity contribution in [2.24, 2.45) is 0 Å². The molecule has 0 aliphatic rings. The molecule has 0 spiro atoms. The van der Waals surface area contributed by atoms with E-state index in [1.54, 1.807) is 35.2 Å². The fraction of sp³-hybridized carbons (Fsp3) is 0.154. The standard InChI is InChI=1S/C26H20BrF2N5O/c1-17-2-7-20(10-23(17)27)26(35)33(14-21-8-9-22(28)11-24(21)29)15-25-32-31-16-34(25)13-19-5-3-18(12-30)4-6-19/h2-11,16H,13-15H2,1H3. The van der Waals surface area contributed by atoms with Gasteiger partial charge in [0.25, 0.3) is 5.91 Å². The maximum atomic E-state index is 14.5. The number of benzene rings is 3. The second-order valence-corrected chi connectivity index (χ2v) is 8.90. The van der Waals surface area contributed by atoms with E-state index in [0.29, 0.717) is 23.5 Å². The molecule has 0 unspecified atom stereocenters. The molecule has 0 N–H and O–H groups in total. The maximum absolute atomic E-state index is 14.5. The minimum absolute atomic E-state index is 0.0530. The van der Waals surface area contributed by atoms with Crippen LogP contribution in [0.3, 0.4) is 0 Å². The highest BCUT2D eigenvalue weighted by Gasteiger charge is 2.21. The van der Waals surface area contributed by atoms with Gasteiger partial charge in [-0.2, -0.15) is 5.26 Å². The van der Waals surface area contributed by atoms with E-state index in [1.165, 1.54) is 11.0 Å². The summed E-state index contributed by atoms with van der Waals surface area (Å²) in [5.41, 5.74) is 3.06. The number of hydrogen-bond donors (Lipinski definition) is 0. The van der Waals surface area contributed by atoms with E-state index in [0.717, 1.165) is 27.7 Å². The van der Waals surface area contributed by atoms with E-state index in [2.05, 4.69) is 32.2 Å². The molecule has 1 amide bonds. The molecule has 0 saturated heterocycles. The van der Waals surface area contributed by atoms with E-state index >= 15 is 0 Å². The SMILES string of the molecule is Cc1ccc(C(=O)N(Cc2ccc(F)cc2F)Cc2nncn2Cc2ccc(C#N)cc2)cc1Br. The van der Waals surface area contributed by atoms with Crippen LogP contribution in [-0.2, 0) is 19.6 Å². The van der Waals surface area contributed by atoms with Gasteiger partial charge in [-0.15, -0.1) is 10.2 Å². The summed E-state index contributed by atoms with van der Waals surface area (Å²) in [5.74, 6) is -1.25. The topological polar surface area (TPSA) is 74.8 Å². The Morgan fingerprint density at radius 3 is 2.54 bits per heavy atom. The second kappa shape index (κ2) is 10.6. The zero-order valence-corrected chi connectivity index (χ0v) is 20.3. The van der Waals surface area contributed by atoms with Crippen LogP contribution in [0.25, 0.3) is 0 Å². The van der Waals surface area contributed by atoms with Crippen molar-refractivity contribution in [2.45, 2.75) is 26.6 Å². The van der Waals surface area contributed by atoms with Gasteiger partial charge in [0, 0.05) is 28.2 Å². The Balaban J connectivity index is 1.63. The Kier molecular flexibility index (Phi) is 7.32. The molecular formula is C26H20BrF2N5O. The Morgan fingerprint density at radius 1 is 1.09 bits per heavy atom. The van der Waals surface area contributed by atoms with E-state index < -0.39 is 11.6 Å². The van der Waals surface area contributed by atoms with Crippen LogP contribution in [0.1, 0.15) is 38.4 Å². The van der Waals surface area contributed by atoms with Crippen LogP contribution < -0.4 is 0 Å². The van der Waals surface area contributed by atoms with Crippen molar-refractivity contribution >= 4 is 21.8 Å². The van der Waals surface area contributed by atoms with Crippen molar-refractivity contribution in [3.8, 4) is 6.07 Å². The van der Waals surface area contributed by atoms with Crippen LogP contribution in [0.2, 0.25) is 0 Å². The highest BCUT2D eigenvalue weighted by Crippen LogP contribution is 2.21. The smallest absolute Gasteiger partial charge is 0.254 e. The van der Waals surface area contributed by atoms with Crippen LogP contribution in [0, 0.1) is 29.9 Å². The number of carbonyl (C=O) groups excluding carboxylic acids is 1. The molecule has 0 radical (unpaired) electrons. The van der Waals surface area contributed by atoms with Crippen molar-refractivity contribution in [3.05, 3.63) is 117 Å². The maximum Gasteiger partial charge on any atom is 0.254 e. The van der Waals surface area contributed by atoms with Gasteiger partial charge in [0.15, 0.2) is 5.82 Å². The van der Waals surface area contributed by atoms with Gasteiger partial charge in [0.1, 0.15) is 18.0 Å². The van der Waals surface area contributed by atoms with E-state index in [1.807, 2.05) is 25.1 Å². The molecule has 3 aromatic carbocycles. The summed E-state index contributed by atoms with van der Waals surface area (Å²) >= 11 is 3.45. The number of hydrogen-bond acceptors (Lipinski definition) is 4. The van der Waals surface area contributed by atoms with Gasteiger partial charge in [-0.25, -0.2) is 8.78 Å². The van der Waals surface area contributed by atoms with Crippen molar-refractivity contribution < 1.29 is 13.6 Å². The van der Waals surface area contributed by atoms with Crippen molar-refractivity contribution in [1.82, 2.24) is 19.7 Å². The molecule has 0 saturated carbocycles. The summed E-state index contributed by atoms with van der Waals surface area (Å²) in [6.07, 6.45) is 1.55. The third-order valence-corrected chi connectivity index (χ3v) is 6.40. The van der Waals surface area contributed by atoms with Gasteiger partial charge >= 0.3 is 0 Å². The lowest BCUT2D eigenvalue weighted by Crippen LogP contribution is -2.32. The molecule has 4 rings (SSSR count). The van der Waals surface area contributed by atoms with Gasteiger partial charge in [0.2, 0.25) is 0 Å². The molecule has 0 bridgehead atoms. The highest BCUT2D eigenvalue weighted by atomic mass is 79.9. The number of amides is 1. The van der Waals surface area contributed by atoms with Crippen LogP contribution in [0.15, 0.2) is 71.5 Å². The van der Waals surface area contributed by atoms with Gasteiger partial charge in [-0.1, -0.05) is 40.2 Å². The van der Waals surface area contributed by atoms with Crippen LogP contribution in [0.5, 0.6) is 0 Å². The Labute approximate surface area is 209 Å². The summed E-state index contributed by atoms with van der Waals surface area (Å²) in [7, 11) is 0. The second-order valence-electron chi connectivity index (χ2n) is 8.04. The number of halogens is 3. The van der Waals surface area contributed by atoms with Gasteiger partial charge in [-0.3, -0.25) is 4.79 Å². The molecule has 0 fully saturated rings. The third-order valence-electron chi connectivity index (χ3n) is 5.55. The molecule has 1 heterocycles. The minimum Gasteiger partial charge on any atom is -0.327 e. The van der Waals surface area contributed by atoms with Gasteiger partial charge in [0.05, 0.1) is 24.7 Å². The fourth-order valence-electron chi connectivity index (χ4n) is 3.55. The van der Waals surface area contributed by atoms with Crippen LogP contribution >= 0.6 is 15.9 Å². The van der Waals surface area contributed by atoms with Crippen molar-refractivity contribution in [3.63, 3.8) is 0 Å². The molecule has 0 aliphatic heterocycles. The van der Waals surface area contributed by atoms with Crippen molar-refractivity contribution in [1.29, 1.82) is 5.26 Å². The number of carbonyl (C=O) groups is 1. The number of aryl methyl sites for hydroxylation is 1. The van der Waals surface area contributed by atoms with Gasteiger partial charge in [-0.05, 0) is 48.4 Å². The van der Waals surface area contributed by atoms with Crippen LogP contribution in [-0.4, -0.2) is 25.6 Å². The number of aromatic nitrogens is 3. The van der Waals surface area contributed by atoms with Gasteiger partial charge < -0.3 is 9.47 Å². The lowest BCUT2D eigenvalue weighted by molar-refractivity contribution is 0.0722. The quantitative estimate of drug-likeness (QED) is 0.318. The highest BCUT2D eigenvalue weighted by molar-refractivity contribution is 9.10. The zero-order chi connectivity index (χ0) is 24.9. The largest absolute Gasteiger partial charge is 0.327 e. The Hall–Kier alpha value is -3.90. The molecule has 176 valence electrons. The summed E-state index contributed by atoms with van der Waals surface area (Å²) < 4.78 is 30.5. The van der Waals surface area contributed by atoms with E-state index in [4.69, 9.17) is 5.26 Å². The molecule has 1 aromatic heterocycles. The minimum atomic E-state index is -0.730. The number of nitriles is 1. The normalized spacial score (nSPS) is 10.7. The first-order valence-corrected chi connectivity index (χ1v) is 11.5. The summed E-state index contributed by atoms with van der Waals surface area (Å²) in [6.45, 7) is 2.31. The summed E-state index contributed by atoms with van der Waals surface area (Å²) in [6, 6.07) is 17.7. The lowest BCUT2D eigenvalue weighted by atomic mass is 10.1. The molecule has 4 aromatic rings. The van der Waals surface area contributed by atoms with E-state index in [9.17, 15) is 13.6 Å². The van der Waals surface area contributed by atoms with Crippen LogP contribution in [0.4, 0.5) is 8.78 Å². The monoisotopic (exact) mass is 535 g/mol. The zero-order valence-electron chi connectivity index (χ0n) is 18.8. The average molecular weight is 536 g/mol. The Bertz CT molecular complexity index is 1410. The first-order chi connectivity index (χ1) is 16.8. The number of rotatable bonds is 7. The van der Waals surface area contributed by atoms with E-state index in [-0.39, 0.29) is 24.6 Å². The molecule has 9 heteroatoms. The predicted octanol–water partition coefficient (Wildman–Crippen LogP) is 5.39. The molecule has 35 heavy (non-hydrogen) atoms. The summed E-state index contributed by atoms with van der Waals surface area (Å²) in [4.78, 5) is 14.9.